The summed E-state index contributed by atoms with van der Waals surface area (Å²) in [5, 5.41) is 0.220. The molecule has 0 saturated heterocycles. The van der Waals surface area contributed by atoms with E-state index in [1.165, 1.54) is 16.7 Å². The molecule has 0 aliphatic heterocycles. The molecule has 1 aliphatic carbocycles. The van der Waals surface area contributed by atoms with Gasteiger partial charge < -0.3 is 0 Å². The molecule has 0 saturated carbocycles. The Labute approximate surface area is 97.6 Å². The average Bonchev–Trinajstić information content (AvgIpc) is 2.41. The second-order valence-electron chi connectivity index (χ2n) is 5.70. The number of hydrogen-bond acceptors (Lipinski definition) is 0. The molecule has 2 unspecified atom stereocenters. The van der Waals surface area contributed by atoms with Crippen LogP contribution in [0.1, 0.15) is 62.1 Å². The highest BCUT2D eigenvalue weighted by Gasteiger charge is 2.28. The third-order valence-corrected chi connectivity index (χ3v) is 3.79. The lowest BCUT2D eigenvalue weighted by molar-refractivity contribution is 0.589. The van der Waals surface area contributed by atoms with Crippen molar-refractivity contribution in [3.63, 3.8) is 0 Å². The second-order valence-corrected chi connectivity index (χ2v) is 6.22. The van der Waals surface area contributed by atoms with Crippen molar-refractivity contribution in [2.24, 2.45) is 0 Å². The predicted molar refractivity (Wildman–Crippen MR) is 66.8 cm³/mol. The molecule has 0 fully saturated rings. The van der Waals surface area contributed by atoms with Crippen molar-refractivity contribution < 1.29 is 0 Å². The van der Waals surface area contributed by atoms with Crippen LogP contribution >= 0.6 is 11.6 Å². The molecule has 0 bridgehead atoms. The monoisotopic (exact) mass is 222 g/mol. The fourth-order valence-corrected chi connectivity index (χ4v) is 2.78. The first-order chi connectivity index (χ1) is 6.89. The van der Waals surface area contributed by atoms with Crippen molar-refractivity contribution in [2.45, 2.75) is 50.8 Å². The topological polar surface area (TPSA) is 0 Å². The molecular weight excluding hydrogens is 204 g/mol. The van der Waals surface area contributed by atoms with Crippen LogP contribution in [0.3, 0.4) is 0 Å². The lowest BCUT2D eigenvalue weighted by Crippen LogP contribution is -2.11. The number of fused-ring (bicyclic) bond motifs is 1. The molecule has 0 N–H and O–H groups in total. The van der Waals surface area contributed by atoms with E-state index < -0.39 is 0 Å². The summed E-state index contributed by atoms with van der Waals surface area (Å²) in [5.41, 5.74) is 4.41. The number of alkyl halides is 1. The third-order valence-electron chi connectivity index (χ3n) is 3.38. The summed E-state index contributed by atoms with van der Waals surface area (Å²) in [5.74, 6) is 0.622. The standard InChI is InChI=1S/C14H19Cl/c1-9-7-13(15)12-8-10(14(2,3)4)5-6-11(9)12/h5-6,8-9,13H,7H2,1-4H3. The summed E-state index contributed by atoms with van der Waals surface area (Å²) in [4.78, 5) is 0. The Balaban J connectivity index is 2.48. The maximum atomic E-state index is 6.36. The smallest absolute Gasteiger partial charge is 0.0593 e. The van der Waals surface area contributed by atoms with Crippen LogP contribution in [0.2, 0.25) is 0 Å². The van der Waals surface area contributed by atoms with Gasteiger partial charge in [0.1, 0.15) is 0 Å². The molecule has 15 heavy (non-hydrogen) atoms. The van der Waals surface area contributed by atoms with Gasteiger partial charge in [-0.05, 0) is 34.4 Å². The SMILES string of the molecule is CC1CC(Cl)c2cc(C(C)(C)C)ccc21. The van der Waals surface area contributed by atoms with Crippen LogP contribution in [0.15, 0.2) is 18.2 Å². The van der Waals surface area contributed by atoms with Gasteiger partial charge in [-0.2, -0.15) is 0 Å². The van der Waals surface area contributed by atoms with Crippen LogP contribution < -0.4 is 0 Å². The third kappa shape index (κ3) is 1.92. The van der Waals surface area contributed by atoms with Gasteiger partial charge in [-0.3, -0.25) is 0 Å². The summed E-state index contributed by atoms with van der Waals surface area (Å²) in [6.07, 6.45) is 1.09. The molecule has 1 heteroatoms. The van der Waals surface area contributed by atoms with E-state index in [0.717, 1.165) is 6.42 Å². The number of hydrogen-bond donors (Lipinski definition) is 0. The van der Waals surface area contributed by atoms with Gasteiger partial charge in [-0.15, -0.1) is 11.6 Å². The summed E-state index contributed by atoms with van der Waals surface area (Å²) < 4.78 is 0. The maximum absolute atomic E-state index is 6.36. The normalized spacial score (nSPS) is 25.4. The zero-order chi connectivity index (χ0) is 11.2. The Morgan fingerprint density at radius 2 is 1.87 bits per heavy atom. The van der Waals surface area contributed by atoms with Crippen LogP contribution in [0.4, 0.5) is 0 Å². The molecule has 82 valence electrons. The minimum atomic E-state index is 0.220. The van der Waals surface area contributed by atoms with Crippen molar-refractivity contribution in [1.82, 2.24) is 0 Å². The first-order valence-electron chi connectivity index (χ1n) is 5.68. The highest BCUT2D eigenvalue weighted by atomic mass is 35.5. The average molecular weight is 223 g/mol. The van der Waals surface area contributed by atoms with E-state index >= 15 is 0 Å². The fourth-order valence-electron chi connectivity index (χ4n) is 2.33. The quantitative estimate of drug-likeness (QED) is 0.555. The van der Waals surface area contributed by atoms with Crippen molar-refractivity contribution in [3.05, 3.63) is 34.9 Å². The maximum Gasteiger partial charge on any atom is 0.0593 e. The molecule has 2 atom stereocenters. The van der Waals surface area contributed by atoms with Crippen LogP contribution in [0.25, 0.3) is 0 Å². The van der Waals surface area contributed by atoms with E-state index in [2.05, 4.69) is 45.9 Å². The van der Waals surface area contributed by atoms with Gasteiger partial charge >= 0.3 is 0 Å². The molecule has 1 aromatic rings. The van der Waals surface area contributed by atoms with Gasteiger partial charge in [0, 0.05) is 0 Å². The van der Waals surface area contributed by atoms with Gasteiger partial charge in [-0.1, -0.05) is 45.9 Å². The van der Waals surface area contributed by atoms with E-state index in [-0.39, 0.29) is 10.8 Å². The molecule has 2 rings (SSSR count). The Bertz CT molecular complexity index is 373. The zero-order valence-electron chi connectivity index (χ0n) is 9.97. The zero-order valence-corrected chi connectivity index (χ0v) is 10.7. The highest BCUT2D eigenvalue weighted by molar-refractivity contribution is 6.21. The number of rotatable bonds is 0. The molecule has 1 aromatic carbocycles. The molecule has 0 amide bonds. The van der Waals surface area contributed by atoms with Crippen LogP contribution in [-0.4, -0.2) is 0 Å². The van der Waals surface area contributed by atoms with Crippen molar-refractivity contribution in [3.8, 4) is 0 Å². The Hall–Kier alpha value is -0.490. The van der Waals surface area contributed by atoms with Gasteiger partial charge in [0.05, 0.1) is 5.38 Å². The Morgan fingerprint density at radius 3 is 2.47 bits per heavy atom. The molecule has 0 heterocycles. The predicted octanol–water partition coefficient (Wildman–Crippen LogP) is 4.77. The molecule has 0 aromatic heterocycles. The molecule has 0 nitrogen and oxygen atoms in total. The van der Waals surface area contributed by atoms with Crippen molar-refractivity contribution in [2.75, 3.05) is 0 Å². The van der Waals surface area contributed by atoms with E-state index in [0.29, 0.717) is 5.92 Å². The Morgan fingerprint density at radius 1 is 1.20 bits per heavy atom. The first-order valence-corrected chi connectivity index (χ1v) is 6.11. The lowest BCUT2D eigenvalue weighted by atomic mass is 9.85. The number of benzene rings is 1. The first kappa shape index (κ1) is 11.0. The van der Waals surface area contributed by atoms with E-state index in [1.807, 2.05) is 0 Å². The molecule has 1 aliphatic rings. The highest BCUT2D eigenvalue weighted by Crippen LogP contribution is 2.44. The summed E-state index contributed by atoms with van der Waals surface area (Å²) in [6.45, 7) is 9.00. The largest absolute Gasteiger partial charge is 0.118 e. The van der Waals surface area contributed by atoms with Crippen LogP contribution in [0.5, 0.6) is 0 Å². The van der Waals surface area contributed by atoms with E-state index in [9.17, 15) is 0 Å². The molecular formula is C14H19Cl. The fraction of sp³-hybridized carbons (Fsp3) is 0.571. The molecule has 0 radical (unpaired) electrons. The van der Waals surface area contributed by atoms with Crippen molar-refractivity contribution >= 4 is 11.6 Å². The second kappa shape index (κ2) is 3.52. The molecule has 0 spiro atoms. The number of halogens is 1. The summed E-state index contributed by atoms with van der Waals surface area (Å²) >= 11 is 6.36. The summed E-state index contributed by atoms with van der Waals surface area (Å²) in [7, 11) is 0. The van der Waals surface area contributed by atoms with Crippen LogP contribution in [0, 0.1) is 0 Å². The lowest BCUT2D eigenvalue weighted by Gasteiger charge is -2.20. The summed E-state index contributed by atoms with van der Waals surface area (Å²) in [6, 6.07) is 6.82. The van der Waals surface area contributed by atoms with Gasteiger partial charge in [0.2, 0.25) is 0 Å². The minimum Gasteiger partial charge on any atom is -0.118 e. The van der Waals surface area contributed by atoms with Crippen molar-refractivity contribution in [1.29, 1.82) is 0 Å². The van der Waals surface area contributed by atoms with Gasteiger partial charge in [-0.25, -0.2) is 0 Å². The van der Waals surface area contributed by atoms with Crippen LogP contribution in [-0.2, 0) is 5.41 Å². The van der Waals surface area contributed by atoms with Gasteiger partial charge in [0.25, 0.3) is 0 Å². The van der Waals surface area contributed by atoms with E-state index in [1.54, 1.807) is 0 Å². The van der Waals surface area contributed by atoms with Gasteiger partial charge in [0.15, 0.2) is 0 Å². The van der Waals surface area contributed by atoms with E-state index in [4.69, 9.17) is 11.6 Å². The minimum absolute atomic E-state index is 0.220. The Kier molecular flexibility index (Phi) is 2.58.